The number of hydrogen-bond acceptors (Lipinski definition) is 2. The Kier molecular flexibility index (Phi) is 5.12. The molecular formula is C16H18ClFN2. The Balaban J connectivity index is 2.16. The summed E-state index contributed by atoms with van der Waals surface area (Å²) in [5.41, 5.74) is 7.73. The molecule has 0 saturated carbocycles. The van der Waals surface area contributed by atoms with Crippen molar-refractivity contribution in [1.82, 2.24) is 5.32 Å². The molecule has 0 spiro atoms. The number of halogens is 2. The number of rotatable bonds is 5. The van der Waals surface area contributed by atoms with Crippen molar-refractivity contribution in [1.29, 1.82) is 0 Å². The zero-order valence-corrected chi connectivity index (χ0v) is 12.1. The van der Waals surface area contributed by atoms with Crippen LogP contribution < -0.4 is 11.1 Å². The molecule has 0 aliphatic carbocycles. The van der Waals surface area contributed by atoms with Crippen LogP contribution in [-0.4, -0.2) is 6.54 Å². The zero-order valence-electron chi connectivity index (χ0n) is 11.3. The molecule has 0 heterocycles. The zero-order chi connectivity index (χ0) is 14.5. The Morgan fingerprint density at radius 1 is 1.15 bits per heavy atom. The molecule has 3 N–H and O–H groups in total. The largest absolute Gasteiger partial charge is 0.329 e. The second kappa shape index (κ2) is 6.84. The summed E-state index contributed by atoms with van der Waals surface area (Å²) in [7, 11) is 0. The van der Waals surface area contributed by atoms with E-state index in [1.807, 2.05) is 30.3 Å². The first-order chi connectivity index (χ1) is 9.60. The minimum absolute atomic E-state index is 0.117. The molecule has 2 aromatic rings. The Bertz CT molecular complexity index is 539. The van der Waals surface area contributed by atoms with Gasteiger partial charge in [0.05, 0.1) is 0 Å². The van der Waals surface area contributed by atoms with E-state index in [1.54, 1.807) is 6.07 Å². The van der Waals surface area contributed by atoms with E-state index in [9.17, 15) is 4.39 Å². The summed E-state index contributed by atoms with van der Waals surface area (Å²) >= 11 is 5.90. The fourth-order valence-electron chi connectivity index (χ4n) is 2.22. The van der Waals surface area contributed by atoms with Crippen molar-refractivity contribution in [2.45, 2.75) is 19.0 Å². The van der Waals surface area contributed by atoms with Gasteiger partial charge in [0.25, 0.3) is 0 Å². The summed E-state index contributed by atoms with van der Waals surface area (Å²) < 4.78 is 13.4. The van der Waals surface area contributed by atoms with Crippen LogP contribution in [0.3, 0.4) is 0 Å². The van der Waals surface area contributed by atoms with E-state index < -0.39 is 0 Å². The summed E-state index contributed by atoms with van der Waals surface area (Å²) in [5.74, 6) is -0.347. The molecule has 0 fully saturated rings. The van der Waals surface area contributed by atoms with Crippen LogP contribution in [-0.2, 0) is 0 Å². The van der Waals surface area contributed by atoms with Crippen LogP contribution in [0.2, 0.25) is 5.02 Å². The molecule has 0 bridgehead atoms. The quantitative estimate of drug-likeness (QED) is 0.879. The average molecular weight is 293 g/mol. The van der Waals surface area contributed by atoms with Crippen molar-refractivity contribution in [3.05, 3.63) is 70.5 Å². The molecule has 0 radical (unpaired) electrons. The van der Waals surface area contributed by atoms with Gasteiger partial charge in [0.2, 0.25) is 0 Å². The van der Waals surface area contributed by atoms with Gasteiger partial charge in [-0.3, -0.25) is 0 Å². The minimum Gasteiger partial charge on any atom is -0.329 e. The molecule has 2 atom stereocenters. The van der Waals surface area contributed by atoms with Gasteiger partial charge in [-0.05, 0) is 36.2 Å². The standard InChI is InChI=1S/C16H18ClFN2/c1-11(12-5-3-2-4-6-12)20-16(10-19)13-7-14(17)9-15(18)8-13/h2-9,11,16,20H,10,19H2,1H3. The van der Waals surface area contributed by atoms with Gasteiger partial charge < -0.3 is 11.1 Å². The van der Waals surface area contributed by atoms with Crippen molar-refractivity contribution in [3.8, 4) is 0 Å². The first-order valence-corrected chi connectivity index (χ1v) is 6.95. The predicted molar refractivity (Wildman–Crippen MR) is 81.2 cm³/mol. The summed E-state index contributed by atoms with van der Waals surface area (Å²) in [6, 6.07) is 14.5. The molecule has 0 aromatic heterocycles. The van der Waals surface area contributed by atoms with Crippen LogP contribution in [0.1, 0.15) is 30.1 Å². The molecule has 2 nitrogen and oxygen atoms in total. The third-order valence-electron chi connectivity index (χ3n) is 3.27. The van der Waals surface area contributed by atoms with Gasteiger partial charge in [-0.15, -0.1) is 0 Å². The van der Waals surface area contributed by atoms with Gasteiger partial charge >= 0.3 is 0 Å². The second-order valence-electron chi connectivity index (χ2n) is 4.79. The number of nitrogens with two attached hydrogens (primary N) is 1. The van der Waals surface area contributed by atoms with Crippen molar-refractivity contribution in [2.75, 3.05) is 6.54 Å². The van der Waals surface area contributed by atoms with Crippen LogP contribution in [0.25, 0.3) is 0 Å². The maximum Gasteiger partial charge on any atom is 0.125 e. The molecule has 2 unspecified atom stereocenters. The van der Waals surface area contributed by atoms with Gasteiger partial charge in [0.15, 0.2) is 0 Å². The topological polar surface area (TPSA) is 38.0 Å². The molecule has 0 saturated heterocycles. The maximum absolute atomic E-state index is 13.4. The number of benzene rings is 2. The summed E-state index contributed by atoms with van der Waals surface area (Å²) in [6.07, 6.45) is 0. The Morgan fingerprint density at radius 3 is 2.45 bits per heavy atom. The average Bonchev–Trinajstić information content (AvgIpc) is 2.44. The molecule has 2 aromatic carbocycles. The predicted octanol–water partition coefficient (Wildman–Crippen LogP) is 3.83. The highest BCUT2D eigenvalue weighted by Gasteiger charge is 2.15. The molecule has 106 valence electrons. The SMILES string of the molecule is CC(NC(CN)c1cc(F)cc(Cl)c1)c1ccccc1. The summed E-state index contributed by atoms with van der Waals surface area (Å²) in [4.78, 5) is 0. The van der Waals surface area contributed by atoms with Gasteiger partial charge in [0.1, 0.15) is 5.82 Å². The van der Waals surface area contributed by atoms with Gasteiger partial charge in [-0.1, -0.05) is 41.9 Å². The van der Waals surface area contributed by atoms with E-state index in [2.05, 4.69) is 12.2 Å². The van der Waals surface area contributed by atoms with Gasteiger partial charge in [0, 0.05) is 23.7 Å². The monoisotopic (exact) mass is 292 g/mol. The fourth-order valence-corrected chi connectivity index (χ4v) is 2.45. The Labute approximate surface area is 123 Å². The lowest BCUT2D eigenvalue weighted by molar-refractivity contribution is 0.471. The normalized spacial score (nSPS) is 14.0. The Hall–Kier alpha value is -1.42. The third kappa shape index (κ3) is 3.79. The first-order valence-electron chi connectivity index (χ1n) is 6.57. The second-order valence-corrected chi connectivity index (χ2v) is 5.23. The minimum atomic E-state index is -0.347. The van der Waals surface area contributed by atoms with E-state index in [0.717, 1.165) is 11.1 Å². The third-order valence-corrected chi connectivity index (χ3v) is 3.49. The maximum atomic E-state index is 13.4. The highest BCUT2D eigenvalue weighted by atomic mass is 35.5. The van der Waals surface area contributed by atoms with E-state index in [-0.39, 0.29) is 17.9 Å². The van der Waals surface area contributed by atoms with Crippen LogP contribution in [0.15, 0.2) is 48.5 Å². The lowest BCUT2D eigenvalue weighted by atomic mass is 10.0. The highest BCUT2D eigenvalue weighted by Crippen LogP contribution is 2.22. The fraction of sp³-hybridized carbons (Fsp3) is 0.250. The molecule has 2 rings (SSSR count). The van der Waals surface area contributed by atoms with Crippen molar-refractivity contribution < 1.29 is 4.39 Å². The van der Waals surface area contributed by atoms with E-state index in [0.29, 0.717) is 11.6 Å². The summed E-state index contributed by atoms with van der Waals surface area (Å²) in [6.45, 7) is 2.43. The molecule has 0 amide bonds. The van der Waals surface area contributed by atoms with E-state index >= 15 is 0 Å². The molecule has 0 aliphatic rings. The molecule has 4 heteroatoms. The van der Waals surface area contributed by atoms with Crippen molar-refractivity contribution in [3.63, 3.8) is 0 Å². The molecule has 0 aliphatic heterocycles. The van der Waals surface area contributed by atoms with E-state index in [4.69, 9.17) is 17.3 Å². The number of hydrogen-bond donors (Lipinski definition) is 2. The van der Waals surface area contributed by atoms with Crippen LogP contribution in [0.5, 0.6) is 0 Å². The van der Waals surface area contributed by atoms with Gasteiger partial charge in [-0.2, -0.15) is 0 Å². The molecular weight excluding hydrogens is 275 g/mol. The lowest BCUT2D eigenvalue weighted by Crippen LogP contribution is -2.30. The van der Waals surface area contributed by atoms with Crippen molar-refractivity contribution in [2.24, 2.45) is 5.73 Å². The molecule has 20 heavy (non-hydrogen) atoms. The highest BCUT2D eigenvalue weighted by molar-refractivity contribution is 6.30. The first kappa shape index (κ1) is 15.0. The Morgan fingerprint density at radius 2 is 1.85 bits per heavy atom. The van der Waals surface area contributed by atoms with Crippen LogP contribution in [0.4, 0.5) is 4.39 Å². The lowest BCUT2D eigenvalue weighted by Gasteiger charge is -2.23. The number of nitrogens with one attached hydrogen (secondary N) is 1. The van der Waals surface area contributed by atoms with E-state index in [1.165, 1.54) is 12.1 Å². The van der Waals surface area contributed by atoms with Gasteiger partial charge in [-0.25, -0.2) is 4.39 Å². The smallest absolute Gasteiger partial charge is 0.125 e. The van der Waals surface area contributed by atoms with Crippen molar-refractivity contribution >= 4 is 11.6 Å². The summed E-state index contributed by atoms with van der Waals surface area (Å²) in [5, 5.41) is 3.79. The van der Waals surface area contributed by atoms with Crippen LogP contribution >= 0.6 is 11.6 Å². The van der Waals surface area contributed by atoms with Crippen LogP contribution in [0, 0.1) is 5.82 Å².